The van der Waals surface area contributed by atoms with Crippen molar-refractivity contribution in [3.8, 4) is 0 Å². The maximum absolute atomic E-state index is 12.2. The van der Waals surface area contributed by atoms with Crippen LogP contribution in [0.4, 0.5) is 5.69 Å². The fraction of sp³-hybridized carbons (Fsp3) is 0.0435. The van der Waals surface area contributed by atoms with Crippen molar-refractivity contribution in [3.63, 3.8) is 0 Å². The number of allylic oxidation sites excluding steroid dienone is 1. The first-order valence-electron chi connectivity index (χ1n) is 8.86. The molecule has 0 aromatic heterocycles. The molecule has 3 rings (SSSR count). The Hall–Kier alpha value is -3.37. The van der Waals surface area contributed by atoms with Gasteiger partial charge in [-0.25, -0.2) is 5.43 Å². The molecule has 0 aliphatic rings. The summed E-state index contributed by atoms with van der Waals surface area (Å²) in [7, 11) is 0. The number of hydrogen-bond acceptors (Lipinski definition) is 3. The summed E-state index contributed by atoms with van der Waals surface area (Å²) in [6, 6.07) is 26.9. The predicted octanol–water partition coefficient (Wildman–Crippen LogP) is 4.99. The second-order valence-electron chi connectivity index (χ2n) is 5.98. The zero-order chi connectivity index (χ0) is 19.6. The second kappa shape index (κ2) is 10.1. The SMILES string of the molecule is O=C(CNc1ccccc1Cl)NN=C(/C=C/c1ccccc1)c1ccccc1. The van der Waals surface area contributed by atoms with Crippen LogP contribution in [0.3, 0.4) is 0 Å². The Morgan fingerprint density at radius 2 is 1.54 bits per heavy atom. The van der Waals surface area contributed by atoms with Crippen LogP contribution in [0.5, 0.6) is 0 Å². The van der Waals surface area contributed by atoms with E-state index in [1.165, 1.54) is 0 Å². The van der Waals surface area contributed by atoms with E-state index >= 15 is 0 Å². The molecule has 5 heteroatoms. The van der Waals surface area contributed by atoms with Gasteiger partial charge in [-0.3, -0.25) is 4.79 Å². The molecule has 0 saturated heterocycles. The fourth-order valence-corrected chi connectivity index (χ4v) is 2.69. The molecular weight excluding hydrogens is 370 g/mol. The number of rotatable bonds is 7. The average molecular weight is 390 g/mol. The highest BCUT2D eigenvalue weighted by atomic mass is 35.5. The van der Waals surface area contributed by atoms with Gasteiger partial charge in [0.2, 0.25) is 0 Å². The van der Waals surface area contributed by atoms with Gasteiger partial charge in [0.25, 0.3) is 5.91 Å². The van der Waals surface area contributed by atoms with Crippen LogP contribution >= 0.6 is 11.6 Å². The van der Waals surface area contributed by atoms with E-state index in [4.69, 9.17) is 11.6 Å². The van der Waals surface area contributed by atoms with E-state index in [2.05, 4.69) is 15.8 Å². The molecular formula is C23H20ClN3O. The lowest BCUT2D eigenvalue weighted by atomic mass is 10.1. The van der Waals surface area contributed by atoms with Gasteiger partial charge in [-0.1, -0.05) is 90.5 Å². The predicted molar refractivity (Wildman–Crippen MR) is 117 cm³/mol. The molecule has 0 radical (unpaired) electrons. The van der Waals surface area contributed by atoms with Gasteiger partial charge in [0.1, 0.15) is 0 Å². The normalized spacial score (nSPS) is 11.4. The summed E-state index contributed by atoms with van der Waals surface area (Å²) in [5, 5.41) is 7.87. The topological polar surface area (TPSA) is 53.5 Å². The minimum absolute atomic E-state index is 0.0672. The Labute approximate surface area is 169 Å². The van der Waals surface area contributed by atoms with Gasteiger partial charge >= 0.3 is 0 Å². The molecule has 0 aliphatic heterocycles. The molecule has 0 spiro atoms. The second-order valence-corrected chi connectivity index (χ2v) is 6.38. The Balaban J connectivity index is 1.69. The van der Waals surface area contributed by atoms with Crippen molar-refractivity contribution in [3.05, 3.63) is 107 Å². The maximum atomic E-state index is 12.2. The van der Waals surface area contributed by atoms with Crippen LogP contribution in [0, 0.1) is 0 Å². The number of hydrogen-bond donors (Lipinski definition) is 2. The molecule has 140 valence electrons. The average Bonchev–Trinajstić information content (AvgIpc) is 2.74. The standard InChI is InChI=1S/C23H20ClN3O/c24-20-13-7-8-14-22(20)25-17-23(28)27-26-21(19-11-5-2-6-12-19)16-15-18-9-3-1-4-10-18/h1-16,25H,17H2,(H,27,28)/b16-15+,26-21?. The van der Waals surface area contributed by atoms with Gasteiger partial charge in [-0.05, 0) is 23.8 Å². The first kappa shape index (κ1) is 19.4. The Morgan fingerprint density at radius 3 is 2.25 bits per heavy atom. The zero-order valence-electron chi connectivity index (χ0n) is 15.2. The van der Waals surface area contributed by atoms with Crippen LogP contribution in [-0.4, -0.2) is 18.2 Å². The van der Waals surface area contributed by atoms with E-state index < -0.39 is 0 Å². The molecule has 0 saturated carbocycles. The summed E-state index contributed by atoms with van der Waals surface area (Å²) < 4.78 is 0. The zero-order valence-corrected chi connectivity index (χ0v) is 15.9. The number of nitrogens with one attached hydrogen (secondary N) is 2. The molecule has 2 N–H and O–H groups in total. The summed E-state index contributed by atoms with van der Waals surface area (Å²) >= 11 is 6.08. The Kier molecular flexibility index (Phi) is 6.99. The molecule has 0 unspecified atom stereocenters. The molecule has 3 aromatic rings. The molecule has 0 aliphatic carbocycles. The number of anilines is 1. The number of amides is 1. The lowest BCUT2D eigenvalue weighted by Gasteiger charge is -2.08. The molecule has 0 fully saturated rings. The molecule has 1 amide bonds. The Morgan fingerprint density at radius 1 is 0.893 bits per heavy atom. The highest BCUT2D eigenvalue weighted by Crippen LogP contribution is 2.19. The lowest BCUT2D eigenvalue weighted by Crippen LogP contribution is -2.27. The minimum Gasteiger partial charge on any atom is -0.375 e. The molecule has 0 atom stereocenters. The number of benzene rings is 3. The lowest BCUT2D eigenvalue weighted by molar-refractivity contribution is -0.119. The number of nitrogens with zero attached hydrogens (tertiary/aromatic N) is 1. The monoisotopic (exact) mass is 389 g/mol. The van der Waals surface area contributed by atoms with E-state index in [1.54, 1.807) is 6.07 Å². The van der Waals surface area contributed by atoms with Gasteiger partial charge < -0.3 is 5.32 Å². The van der Waals surface area contributed by atoms with Crippen LogP contribution in [0.15, 0.2) is 96.1 Å². The van der Waals surface area contributed by atoms with Crippen LogP contribution in [0.2, 0.25) is 5.02 Å². The smallest absolute Gasteiger partial charge is 0.259 e. The number of para-hydroxylation sites is 1. The van der Waals surface area contributed by atoms with Crippen molar-refractivity contribution in [1.29, 1.82) is 0 Å². The van der Waals surface area contributed by atoms with Crippen molar-refractivity contribution >= 4 is 35.0 Å². The highest BCUT2D eigenvalue weighted by molar-refractivity contribution is 6.33. The van der Waals surface area contributed by atoms with Crippen molar-refractivity contribution in [1.82, 2.24) is 5.43 Å². The number of hydrazone groups is 1. The van der Waals surface area contributed by atoms with Gasteiger partial charge in [0.15, 0.2) is 0 Å². The largest absolute Gasteiger partial charge is 0.375 e. The van der Waals surface area contributed by atoms with Crippen LogP contribution < -0.4 is 10.7 Å². The van der Waals surface area contributed by atoms with Crippen LogP contribution in [0.1, 0.15) is 11.1 Å². The fourth-order valence-electron chi connectivity index (χ4n) is 2.49. The van der Waals surface area contributed by atoms with E-state index in [0.717, 1.165) is 11.1 Å². The van der Waals surface area contributed by atoms with Crippen LogP contribution in [-0.2, 0) is 4.79 Å². The van der Waals surface area contributed by atoms with Crippen molar-refractivity contribution in [2.45, 2.75) is 0 Å². The molecule has 3 aromatic carbocycles. The quantitative estimate of drug-likeness (QED) is 0.442. The summed E-state index contributed by atoms with van der Waals surface area (Å²) in [5.41, 5.74) is 5.93. The van der Waals surface area contributed by atoms with Gasteiger partial charge in [-0.2, -0.15) is 5.10 Å². The number of halogens is 1. The van der Waals surface area contributed by atoms with Crippen molar-refractivity contribution < 1.29 is 4.79 Å². The van der Waals surface area contributed by atoms with Gasteiger partial charge in [-0.15, -0.1) is 0 Å². The van der Waals surface area contributed by atoms with Crippen LogP contribution in [0.25, 0.3) is 6.08 Å². The molecule has 0 bridgehead atoms. The molecule has 0 heterocycles. The third-order valence-corrected chi connectivity index (χ3v) is 4.25. The van der Waals surface area contributed by atoms with E-state index in [1.807, 2.05) is 91.0 Å². The number of carbonyl (C=O) groups is 1. The third-order valence-electron chi connectivity index (χ3n) is 3.92. The van der Waals surface area contributed by atoms with E-state index in [9.17, 15) is 4.79 Å². The summed E-state index contributed by atoms with van der Waals surface area (Å²) in [6.07, 6.45) is 3.84. The first-order valence-corrected chi connectivity index (χ1v) is 9.23. The van der Waals surface area contributed by atoms with Gasteiger partial charge in [0, 0.05) is 5.56 Å². The van der Waals surface area contributed by atoms with Gasteiger partial charge in [0.05, 0.1) is 23.0 Å². The summed E-state index contributed by atoms with van der Waals surface area (Å²) in [4.78, 5) is 12.2. The molecule has 4 nitrogen and oxygen atoms in total. The highest BCUT2D eigenvalue weighted by Gasteiger charge is 2.04. The van der Waals surface area contributed by atoms with E-state index in [-0.39, 0.29) is 12.5 Å². The van der Waals surface area contributed by atoms with E-state index in [0.29, 0.717) is 16.4 Å². The minimum atomic E-state index is -0.263. The maximum Gasteiger partial charge on any atom is 0.259 e. The molecule has 28 heavy (non-hydrogen) atoms. The third kappa shape index (κ3) is 5.83. The number of carbonyl (C=O) groups excluding carboxylic acids is 1. The van der Waals surface area contributed by atoms with Crippen molar-refractivity contribution in [2.24, 2.45) is 5.10 Å². The Bertz CT molecular complexity index is 969. The summed E-state index contributed by atoms with van der Waals surface area (Å²) in [6.45, 7) is 0.0672. The summed E-state index contributed by atoms with van der Waals surface area (Å²) in [5.74, 6) is -0.263. The van der Waals surface area contributed by atoms with Crippen molar-refractivity contribution in [2.75, 3.05) is 11.9 Å². The first-order chi connectivity index (χ1) is 13.7.